The maximum atomic E-state index is 12.6. The molecule has 0 bridgehead atoms. The van der Waals surface area contributed by atoms with Gasteiger partial charge in [0, 0.05) is 23.4 Å². The molecule has 2 N–H and O–H groups in total. The van der Waals surface area contributed by atoms with Crippen LogP contribution in [0.2, 0.25) is 0 Å². The molecule has 0 heterocycles. The number of halogens is 3. The van der Waals surface area contributed by atoms with Crippen LogP contribution in [0, 0.1) is 0 Å². The molecule has 1 aromatic rings. The van der Waals surface area contributed by atoms with Crippen LogP contribution in [-0.4, -0.2) is 25.7 Å². The van der Waals surface area contributed by atoms with Gasteiger partial charge in [-0.3, -0.25) is 4.79 Å². The number of nitrogen functional groups attached to an aromatic ring is 1. The first-order valence-corrected chi connectivity index (χ1v) is 8.09. The molecule has 0 aliphatic carbocycles. The van der Waals surface area contributed by atoms with E-state index in [1.165, 1.54) is 6.92 Å². The van der Waals surface area contributed by atoms with Gasteiger partial charge in [-0.05, 0) is 24.6 Å². The minimum Gasteiger partial charge on any atom is -0.398 e. The number of nitrogens with two attached hydrogens (primary N) is 1. The minimum atomic E-state index is -4.56. The van der Waals surface area contributed by atoms with E-state index in [1.54, 1.807) is 0 Å². The zero-order valence-corrected chi connectivity index (χ0v) is 12.2. The van der Waals surface area contributed by atoms with Crippen molar-refractivity contribution in [3.63, 3.8) is 0 Å². The molecule has 1 aromatic carbocycles. The Labute approximate surface area is 121 Å². The zero-order chi connectivity index (χ0) is 16.3. The number of sulfone groups is 1. The molecule has 0 aliphatic rings. The van der Waals surface area contributed by atoms with Gasteiger partial charge >= 0.3 is 6.18 Å². The molecule has 118 valence electrons. The largest absolute Gasteiger partial charge is 0.416 e. The van der Waals surface area contributed by atoms with Gasteiger partial charge in [0.15, 0.2) is 5.78 Å². The summed E-state index contributed by atoms with van der Waals surface area (Å²) in [6.07, 6.45) is -4.66. The average Bonchev–Trinajstić information content (AvgIpc) is 2.37. The lowest BCUT2D eigenvalue weighted by Crippen LogP contribution is -2.12. The summed E-state index contributed by atoms with van der Waals surface area (Å²) in [5, 5.41) is 0. The van der Waals surface area contributed by atoms with E-state index in [4.69, 9.17) is 5.73 Å². The Hall–Kier alpha value is -1.57. The lowest BCUT2D eigenvalue weighted by Gasteiger charge is -2.10. The highest BCUT2D eigenvalue weighted by atomic mass is 32.2. The topological polar surface area (TPSA) is 77.2 Å². The Kier molecular flexibility index (Phi) is 5.38. The number of rotatable bonds is 6. The van der Waals surface area contributed by atoms with Gasteiger partial charge in [0.05, 0.1) is 11.3 Å². The maximum absolute atomic E-state index is 12.6. The predicted octanol–water partition coefficient (Wildman–Crippen LogP) is 2.69. The van der Waals surface area contributed by atoms with Crippen LogP contribution in [0.15, 0.2) is 18.2 Å². The molecule has 0 fully saturated rings. The molecule has 4 nitrogen and oxygen atoms in total. The summed E-state index contributed by atoms with van der Waals surface area (Å²) in [5.74, 6) is -0.800. The van der Waals surface area contributed by atoms with E-state index in [0.717, 1.165) is 12.1 Å². The molecule has 0 unspecified atom stereocenters. The van der Waals surface area contributed by atoms with E-state index in [9.17, 15) is 26.4 Å². The first-order chi connectivity index (χ1) is 9.57. The van der Waals surface area contributed by atoms with Gasteiger partial charge in [-0.15, -0.1) is 0 Å². The van der Waals surface area contributed by atoms with Crippen LogP contribution in [0.5, 0.6) is 0 Å². The molecule has 0 spiro atoms. The smallest absolute Gasteiger partial charge is 0.398 e. The summed E-state index contributed by atoms with van der Waals surface area (Å²) in [7, 11) is -3.20. The second-order valence-corrected chi connectivity index (χ2v) is 7.04. The van der Waals surface area contributed by atoms with Crippen LogP contribution in [0.4, 0.5) is 18.9 Å². The maximum Gasteiger partial charge on any atom is 0.416 e. The Morgan fingerprint density at radius 1 is 1.29 bits per heavy atom. The van der Waals surface area contributed by atoms with E-state index < -0.39 is 27.4 Å². The first-order valence-electron chi connectivity index (χ1n) is 6.27. The SMILES string of the molecule is CCS(=O)(=O)CCCC(=O)c1cc(C(F)(F)F)ccc1N. The fraction of sp³-hybridized carbons (Fsp3) is 0.462. The number of carbonyl (C=O) groups is 1. The zero-order valence-electron chi connectivity index (χ0n) is 11.4. The monoisotopic (exact) mass is 323 g/mol. The van der Waals surface area contributed by atoms with Crippen molar-refractivity contribution in [2.45, 2.75) is 25.9 Å². The van der Waals surface area contributed by atoms with Crippen molar-refractivity contribution < 1.29 is 26.4 Å². The van der Waals surface area contributed by atoms with Crippen LogP contribution in [0.1, 0.15) is 35.7 Å². The molecule has 1 rings (SSSR count). The molecule has 21 heavy (non-hydrogen) atoms. The molecule has 0 atom stereocenters. The van der Waals surface area contributed by atoms with Crippen molar-refractivity contribution in [3.8, 4) is 0 Å². The third-order valence-corrected chi connectivity index (χ3v) is 4.77. The van der Waals surface area contributed by atoms with Gasteiger partial charge in [-0.1, -0.05) is 6.92 Å². The van der Waals surface area contributed by atoms with Crippen LogP contribution >= 0.6 is 0 Å². The summed E-state index contributed by atoms with van der Waals surface area (Å²) >= 11 is 0. The van der Waals surface area contributed by atoms with Crippen LogP contribution in [0.25, 0.3) is 0 Å². The van der Waals surface area contributed by atoms with Crippen molar-refractivity contribution in [2.75, 3.05) is 17.2 Å². The summed E-state index contributed by atoms with van der Waals surface area (Å²) in [4.78, 5) is 11.9. The highest BCUT2D eigenvalue weighted by Crippen LogP contribution is 2.31. The fourth-order valence-corrected chi connectivity index (χ4v) is 2.58. The Morgan fingerprint density at radius 2 is 1.90 bits per heavy atom. The van der Waals surface area contributed by atoms with Gasteiger partial charge in [0.25, 0.3) is 0 Å². The lowest BCUT2D eigenvalue weighted by atomic mass is 10.0. The molecule has 8 heteroatoms. The van der Waals surface area contributed by atoms with Gasteiger partial charge < -0.3 is 5.73 Å². The molecular formula is C13H16F3NO3S. The summed E-state index contributed by atoms with van der Waals surface area (Å²) in [6.45, 7) is 1.49. The molecule has 0 aliphatic heterocycles. The number of ketones is 1. The number of alkyl halides is 3. The van der Waals surface area contributed by atoms with Gasteiger partial charge in [-0.2, -0.15) is 13.2 Å². The lowest BCUT2D eigenvalue weighted by molar-refractivity contribution is -0.137. The van der Waals surface area contributed by atoms with Crippen molar-refractivity contribution in [3.05, 3.63) is 29.3 Å². The fourth-order valence-electron chi connectivity index (χ4n) is 1.71. The van der Waals surface area contributed by atoms with Gasteiger partial charge in [0.1, 0.15) is 9.84 Å². The number of hydrogen-bond donors (Lipinski definition) is 1. The molecule has 0 saturated heterocycles. The highest BCUT2D eigenvalue weighted by Gasteiger charge is 2.31. The average molecular weight is 323 g/mol. The minimum absolute atomic E-state index is 0.0348. The Morgan fingerprint density at radius 3 is 2.43 bits per heavy atom. The molecule has 0 aromatic heterocycles. The van der Waals surface area contributed by atoms with E-state index in [-0.39, 0.29) is 35.6 Å². The number of benzene rings is 1. The molecular weight excluding hydrogens is 307 g/mol. The number of anilines is 1. The summed E-state index contributed by atoms with van der Waals surface area (Å²) in [5.41, 5.74) is 4.28. The Balaban J connectivity index is 2.83. The second-order valence-electron chi connectivity index (χ2n) is 4.56. The highest BCUT2D eigenvalue weighted by molar-refractivity contribution is 7.91. The van der Waals surface area contributed by atoms with Gasteiger partial charge in [-0.25, -0.2) is 8.42 Å². The van der Waals surface area contributed by atoms with Crippen molar-refractivity contribution >= 4 is 21.3 Å². The molecule has 0 radical (unpaired) electrons. The van der Waals surface area contributed by atoms with E-state index >= 15 is 0 Å². The summed E-state index contributed by atoms with van der Waals surface area (Å²) < 4.78 is 60.3. The third kappa shape index (κ3) is 5.04. The standard InChI is InChI=1S/C13H16F3NO3S/c1-2-21(19,20)7-3-4-12(18)10-8-9(13(14,15)16)5-6-11(10)17/h5-6,8H,2-4,7,17H2,1H3. The van der Waals surface area contributed by atoms with E-state index in [0.29, 0.717) is 6.07 Å². The van der Waals surface area contributed by atoms with E-state index in [2.05, 4.69) is 0 Å². The van der Waals surface area contributed by atoms with Crippen molar-refractivity contribution in [2.24, 2.45) is 0 Å². The first kappa shape index (κ1) is 17.5. The van der Waals surface area contributed by atoms with Crippen molar-refractivity contribution in [1.29, 1.82) is 0 Å². The summed E-state index contributed by atoms with van der Waals surface area (Å²) in [6, 6.07) is 2.53. The van der Waals surface area contributed by atoms with E-state index in [1.807, 2.05) is 0 Å². The van der Waals surface area contributed by atoms with Crippen LogP contribution in [-0.2, 0) is 16.0 Å². The Bertz CT molecular complexity index is 624. The second kappa shape index (κ2) is 6.46. The normalized spacial score (nSPS) is 12.4. The van der Waals surface area contributed by atoms with Crippen LogP contribution < -0.4 is 5.73 Å². The van der Waals surface area contributed by atoms with Gasteiger partial charge in [0.2, 0.25) is 0 Å². The molecule has 0 saturated carbocycles. The number of hydrogen-bond acceptors (Lipinski definition) is 4. The number of Topliss-reactive ketones (excluding diaryl/α,β-unsaturated/α-hetero) is 1. The third-order valence-electron chi connectivity index (χ3n) is 2.98. The van der Waals surface area contributed by atoms with Crippen molar-refractivity contribution in [1.82, 2.24) is 0 Å². The predicted molar refractivity (Wildman–Crippen MR) is 73.7 cm³/mol. The quantitative estimate of drug-likeness (QED) is 0.645. The van der Waals surface area contributed by atoms with Crippen LogP contribution in [0.3, 0.4) is 0 Å². The number of carbonyl (C=O) groups excluding carboxylic acids is 1. The molecule has 0 amide bonds.